The van der Waals surface area contributed by atoms with Gasteiger partial charge in [0, 0.05) is 11.6 Å². The van der Waals surface area contributed by atoms with Crippen molar-refractivity contribution in [1.29, 1.82) is 0 Å². The lowest BCUT2D eigenvalue weighted by Gasteiger charge is -2.10. The van der Waals surface area contributed by atoms with Crippen molar-refractivity contribution in [2.24, 2.45) is 0 Å². The van der Waals surface area contributed by atoms with Crippen LogP contribution in [0.15, 0.2) is 30.5 Å². The number of aromatic nitrogens is 1. The fraction of sp³-hybridized carbons (Fsp3) is 0.471. The van der Waals surface area contributed by atoms with Gasteiger partial charge in [0.05, 0.1) is 17.8 Å². The minimum absolute atomic E-state index is 0.696. The number of pyridine rings is 1. The van der Waals surface area contributed by atoms with Crippen LogP contribution in [0.1, 0.15) is 45.4 Å². The molecule has 0 saturated carbocycles. The molecule has 2 aromatic rings. The maximum absolute atomic E-state index is 6.13. The SMILES string of the molecule is CCCCCCCCOc1ccc2ncccc2c1N. The Morgan fingerprint density at radius 2 is 1.85 bits per heavy atom. The van der Waals surface area contributed by atoms with Crippen molar-refractivity contribution in [1.82, 2.24) is 4.98 Å². The number of ether oxygens (including phenoxy) is 1. The highest BCUT2D eigenvalue weighted by Crippen LogP contribution is 2.29. The fourth-order valence-corrected chi connectivity index (χ4v) is 2.35. The van der Waals surface area contributed by atoms with Crippen LogP contribution in [0.2, 0.25) is 0 Å². The van der Waals surface area contributed by atoms with Crippen molar-refractivity contribution in [3.05, 3.63) is 30.5 Å². The van der Waals surface area contributed by atoms with Gasteiger partial charge < -0.3 is 10.5 Å². The van der Waals surface area contributed by atoms with E-state index in [1.54, 1.807) is 6.20 Å². The summed E-state index contributed by atoms with van der Waals surface area (Å²) in [5.41, 5.74) is 7.74. The smallest absolute Gasteiger partial charge is 0.142 e. The van der Waals surface area contributed by atoms with Gasteiger partial charge in [-0.15, -0.1) is 0 Å². The van der Waals surface area contributed by atoms with Crippen molar-refractivity contribution >= 4 is 16.6 Å². The second kappa shape index (κ2) is 7.73. The van der Waals surface area contributed by atoms with E-state index in [0.717, 1.165) is 29.7 Å². The van der Waals surface area contributed by atoms with E-state index < -0.39 is 0 Å². The van der Waals surface area contributed by atoms with E-state index >= 15 is 0 Å². The van der Waals surface area contributed by atoms with Gasteiger partial charge in [-0.05, 0) is 30.7 Å². The number of hydrogen-bond donors (Lipinski definition) is 1. The molecule has 2 N–H and O–H groups in total. The first-order valence-corrected chi connectivity index (χ1v) is 7.59. The molecule has 0 bridgehead atoms. The molecule has 0 saturated heterocycles. The highest BCUT2D eigenvalue weighted by Gasteiger charge is 2.05. The molecule has 0 atom stereocenters. The maximum atomic E-state index is 6.13. The van der Waals surface area contributed by atoms with Crippen molar-refractivity contribution in [2.75, 3.05) is 12.3 Å². The summed E-state index contributed by atoms with van der Waals surface area (Å²) >= 11 is 0. The zero-order valence-corrected chi connectivity index (χ0v) is 12.3. The number of hydrogen-bond acceptors (Lipinski definition) is 3. The Balaban J connectivity index is 1.83. The summed E-state index contributed by atoms with van der Waals surface area (Å²) in [5, 5.41) is 0.966. The molecular formula is C17H24N2O. The third kappa shape index (κ3) is 3.86. The normalized spacial score (nSPS) is 10.8. The maximum Gasteiger partial charge on any atom is 0.142 e. The largest absolute Gasteiger partial charge is 0.491 e. The van der Waals surface area contributed by atoms with Crippen LogP contribution in [-0.4, -0.2) is 11.6 Å². The van der Waals surface area contributed by atoms with Gasteiger partial charge in [0.2, 0.25) is 0 Å². The predicted molar refractivity (Wildman–Crippen MR) is 85.0 cm³/mol. The number of unbranched alkanes of at least 4 members (excludes halogenated alkanes) is 5. The van der Waals surface area contributed by atoms with Gasteiger partial charge in [-0.25, -0.2) is 0 Å². The van der Waals surface area contributed by atoms with Crippen LogP contribution in [0.3, 0.4) is 0 Å². The van der Waals surface area contributed by atoms with Gasteiger partial charge >= 0.3 is 0 Å². The van der Waals surface area contributed by atoms with Crippen LogP contribution >= 0.6 is 0 Å². The minimum atomic E-state index is 0.696. The molecule has 1 aromatic heterocycles. The summed E-state index contributed by atoms with van der Waals surface area (Å²) in [6, 6.07) is 7.76. The summed E-state index contributed by atoms with van der Waals surface area (Å²) in [5.74, 6) is 0.777. The molecule has 0 aliphatic heterocycles. The monoisotopic (exact) mass is 272 g/mol. The van der Waals surface area contributed by atoms with Crippen LogP contribution < -0.4 is 10.5 Å². The summed E-state index contributed by atoms with van der Waals surface area (Å²) in [4.78, 5) is 4.29. The van der Waals surface area contributed by atoms with E-state index in [4.69, 9.17) is 10.5 Å². The van der Waals surface area contributed by atoms with E-state index in [-0.39, 0.29) is 0 Å². The van der Waals surface area contributed by atoms with Gasteiger partial charge in [0.25, 0.3) is 0 Å². The third-order valence-electron chi connectivity index (χ3n) is 3.54. The average Bonchev–Trinajstić information content (AvgIpc) is 2.49. The zero-order valence-electron chi connectivity index (χ0n) is 12.3. The molecule has 3 nitrogen and oxygen atoms in total. The molecule has 2 rings (SSSR count). The van der Waals surface area contributed by atoms with Crippen LogP contribution in [0, 0.1) is 0 Å². The predicted octanol–water partition coefficient (Wildman–Crippen LogP) is 4.56. The number of nitrogens with zero attached hydrogens (tertiary/aromatic N) is 1. The molecule has 108 valence electrons. The van der Waals surface area contributed by atoms with Gasteiger partial charge in [-0.1, -0.05) is 39.0 Å². The second-order valence-corrected chi connectivity index (χ2v) is 5.16. The molecule has 0 aliphatic carbocycles. The van der Waals surface area contributed by atoms with Gasteiger partial charge in [0.15, 0.2) is 0 Å². The molecule has 0 amide bonds. The van der Waals surface area contributed by atoms with E-state index in [1.165, 1.54) is 32.1 Å². The van der Waals surface area contributed by atoms with Crippen molar-refractivity contribution in [3.8, 4) is 5.75 Å². The Bertz CT molecular complexity index is 540. The zero-order chi connectivity index (χ0) is 14.2. The standard InChI is InChI=1S/C17H24N2O/c1-2-3-4-5-6-7-13-20-16-11-10-15-14(17(16)18)9-8-12-19-15/h8-12H,2-7,13,18H2,1H3. The molecule has 1 aromatic carbocycles. The number of fused-ring (bicyclic) bond motifs is 1. The number of nitrogens with two attached hydrogens (primary N) is 1. The van der Waals surface area contributed by atoms with E-state index in [1.807, 2.05) is 24.3 Å². The summed E-state index contributed by atoms with van der Waals surface area (Å²) in [7, 11) is 0. The highest BCUT2D eigenvalue weighted by molar-refractivity contribution is 5.93. The fourth-order valence-electron chi connectivity index (χ4n) is 2.35. The highest BCUT2D eigenvalue weighted by atomic mass is 16.5. The Hall–Kier alpha value is -1.77. The van der Waals surface area contributed by atoms with Gasteiger partial charge in [-0.3, -0.25) is 4.98 Å². The summed E-state index contributed by atoms with van der Waals surface area (Å²) in [6.07, 6.45) is 9.36. The summed E-state index contributed by atoms with van der Waals surface area (Å²) < 4.78 is 5.80. The minimum Gasteiger partial charge on any atom is -0.491 e. The number of nitrogen functional groups attached to an aromatic ring is 1. The van der Waals surface area contributed by atoms with Crippen molar-refractivity contribution < 1.29 is 4.74 Å². The Kier molecular flexibility index (Phi) is 5.66. The first-order chi connectivity index (χ1) is 9.83. The van der Waals surface area contributed by atoms with E-state index in [9.17, 15) is 0 Å². The molecule has 1 heterocycles. The molecule has 0 fully saturated rings. The van der Waals surface area contributed by atoms with Crippen LogP contribution in [0.4, 0.5) is 5.69 Å². The lowest BCUT2D eigenvalue weighted by Crippen LogP contribution is -2.01. The summed E-state index contributed by atoms with van der Waals surface area (Å²) in [6.45, 7) is 2.97. The number of rotatable bonds is 8. The van der Waals surface area contributed by atoms with Crippen molar-refractivity contribution in [3.63, 3.8) is 0 Å². The first-order valence-electron chi connectivity index (χ1n) is 7.59. The molecule has 0 unspecified atom stereocenters. The van der Waals surface area contributed by atoms with Gasteiger partial charge in [-0.2, -0.15) is 0 Å². The Labute approximate surface area is 121 Å². The van der Waals surface area contributed by atoms with Crippen LogP contribution in [0.5, 0.6) is 5.75 Å². The Morgan fingerprint density at radius 1 is 1.05 bits per heavy atom. The molecule has 0 spiro atoms. The first kappa shape index (κ1) is 14.6. The lowest BCUT2D eigenvalue weighted by molar-refractivity contribution is 0.306. The number of benzene rings is 1. The van der Waals surface area contributed by atoms with E-state index in [0.29, 0.717) is 5.69 Å². The molecule has 3 heteroatoms. The van der Waals surface area contributed by atoms with Crippen molar-refractivity contribution in [2.45, 2.75) is 45.4 Å². The number of anilines is 1. The van der Waals surface area contributed by atoms with Crippen LogP contribution in [-0.2, 0) is 0 Å². The quantitative estimate of drug-likeness (QED) is 0.566. The van der Waals surface area contributed by atoms with Gasteiger partial charge in [0.1, 0.15) is 5.75 Å². The average molecular weight is 272 g/mol. The molecule has 20 heavy (non-hydrogen) atoms. The Morgan fingerprint density at radius 3 is 2.70 bits per heavy atom. The van der Waals surface area contributed by atoms with Crippen LogP contribution in [0.25, 0.3) is 10.9 Å². The molecule has 0 radical (unpaired) electrons. The molecular weight excluding hydrogens is 248 g/mol. The van der Waals surface area contributed by atoms with E-state index in [2.05, 4.69) is 11.9 Å². The third-order valence-corrected chi connectivity index (χ3v) is 3.54. The molecule has 0 aliphatic rings. The lowest BCUT2D eigenvalue weighted by atomic mass is 10.1. The second-order valence-electron chi connectivity index (χ2n) is 5.16. The topological polar surface area (TPSA) is 48.1 Å².